The molecule has 0 aliphatic carbocycles. The van der Waals surface area contributed by atoms with Crippen molar-refractivity contribution in [2.75, 3.05) is 5.73 Å². The zero-order valence-electron chi connectivity index (χ0n) is 9.57. The van der Waals surface area contributed by atoms with E-state index in [4.69, 9.17) is 22.1 Å². The summed E-state index contributed by atoms with van der Waals surface area (Å²) in [5, 5.41) is 0.553. The van der Waals surface area contributed by atoms with E-state index in [-0.39, 0.29) is 0 Å². The highest BCUT2D eigenvalue weighted by Crippen LogP contribution is 2.31. The van der Waals surface area contributed by atoms with Gasteiger partial charge in [-0.25, -0.2) is 0 Å². The Bertz CT molecular complexity index is 490. The van der Waals surface area contributed by atoms with E-state index in [1.807, 2.05) is 6.07 Å². The molecule has 2 nitrogen and oxygen atoms in total. The third kappa shape index (κ3) is 2.93. The molecular formula is C13H14ClNOS. The van der Waals surface area contributed by atoms with E-state index in [9.17, 15) is 0 Å². The van der Waals surface area contributed by atoms with Crippen molar-refractivity contribution in [2.24, 2.45) is 0 Å². The van der Waals surface area contributed by atoms with E-state index < -0.39 is 0 Å². The maximum Gasteiger partial charge on any atom is 0.161 e. The third-order valence-corrected chi connectivity index (χ3v) is 3.92. The summed E-state index contributed by atoms with van der Waals surface area (Å²) in [5.74, 6) is 0.570. The second-order valence-electron chi connectivity index (χ2n) is 3.67. The van der Waals surface area contributed by atoms with Gasteiger partial charge in [0.2, 0.25) is 0 Å². The summed E-state index contributed by atoms with van der Waals surface area (Å²) in [4.78, 5) is 2.54. The van der Waals surface area contributed by atoms with Crippen LogP contribution in [0.4, 0.5) is 5.69 Å². The Morgan fingerprint density at radius 1 is 1.24 bits per heavy atom. The van der Waals surface area contributed by atoms with Gasteiger partial charge in [0.15, 0.2) is 5.75 Å². The number of hydrogen-bond acceptors (Lipinski definition) is 3. The molecule has 2 rings (SSSR count). The van der Waals surface area contributed by atoms with Crippen molar-refractivity contribution in [1.82, 2.24) is 0 Å². The fourth-order valence-electron chi connectivity index (χ4n) is 1.51. The Labute approximate surface area is 110 Å². The van der Waals surface area contributed by atoms with E-state index in [1.54, 1.807) is 23.5 Å². The minimum Gasteiger partial charge on any atom is -0.484 e. The molecule has 1 aromatic heterocycles. The lowest BCUT2D eigenvalue weighted by molar-refractivity contribution is 0.312. The van der Waals surface area contributed by atoms with Crippen molar-refractivity contribution in [1.29, 1.82) is 0 Å². The van der Waals surface area contributed by atoms with Gasteiger partial charge in [-0.2, -0.15) is 0 Å². The van der Waals surface area contributed by atoms with Crippen LogP contribution >= 0.6 is 22.9 Å². The molecule has 0 unspecified atom stereocenters. The van der Waals surface area contributed by atoms with Crippen LogP contribution in [0.15, 0.2) is 30.3 Å². The SMILES string of the molecule is CCc1ccc(COc2c(N)cccc2Cl)s1. The van der Waals surface area contributed by atoms with E-state index in [0.717, 1.165) is 6.42 Å². The molecule has 0 saturated carbocycles. The molecule has 0 spiro atoms. The van der Waals surface area contributed by atoms with Crippen molar-refractivity contribution in [2.45, 2.75) is 20.0 Å². The summed E-state index contributed by atoms with van der Waals surface area (Å²) in [5.41, 5.74) is 6.38. The summed E-state index contributed by atoms with van der Waals surface area (Å²) in [6.45, 7) is 2.65. The molecule has 0 aliphatic rings. The van der Waals surface area contributed by atoms with Crippen LogP contribution in [0.5, 0.6) is 5.75 Å². The van der Waals surface area contributed by atoms with Crippen LogP contribution in [0.25, 0.3) is 0 Å². The Balaban J connectivity index is 2.07. The smallest absolute Gasteiger partial charge is 0.161 e. The number of rotatable bonds is 4. The van der Waals surface area contributed by atoms with Gasteiger partial charge in [0.1, 0.15) is 6.61 Å². The molecular weight excluding hydrogens is 254 g/mol. The normalized spacial score (nSPS) is 10.5. The van der Waals surface area contributed by atoms with E-state index in [2.05, 4.69) is 19.1 Å². The fourth-order valence-corrected chi connectivity index (χ4v) is 2.62. The maximum absolute atomic E-state index is 6.03. The first-order valence-corrected chi connectivity index (χ1v) is 6.64. The minimum atomic E-state index is 0.513. The topological polar surface area (TPSA) is 35.2 Å². The highest BCUT2D eigenvalue weighted by molar-refractivity contribution is 7.11. The Kier molecular flexibility index (Phi) is 3.92. The maximum atomic E-state index is 6.03. The second kappa shape index (κ2) is 5.43. The van der Waals surface area contributed by atoms with Crippen molar-refractivity contribution in [3.63, 3.8) is 0 Å². The van der Waals surface area contributed by atoms with E-state index >= 15 is 0 Å². The number of para-hydroxylation sites is 1. The molecule has 4 heteroatoms. The molecule has 0 atom stereocenters. The molecule has 0 saturated heterocycles. The summed E-state index contributed by atoms with van der Waals surface area (Å²) >= 11 is 7.78. The van der Waals surface area contributed by atoms with Gasteiger partial charge in [-0.05, 0) is 30.7 Å². The van der Waals surface area contributed by atoms with E-state index in [1.165, 1.54) is 9.75 Å². The first-order chi connectivity index (χ1) is 8.20. The van der Waals surface area contributed by atoms with Crippen LogP contribution in [0.2, 0.25) is 5.02 Å². The summed E-state index contributed by atoms with van der Waals surface area (Å²) in [6.07, 6.45) is 1.05. The van der Waals surface area contributed by atoms with Crippen LogP contribution in [-0.2, 0) is 13.0 Å². The average Bonchev–Trinajstić information content (AvgIpc) is 2.76. The number of aryl methyl sites for hydroxylation is 1. The largest absolute Gasteiger partial charge is 0.484 e. The monoisotopic (exact) mass is 267 g/mol. The lowest BCUT2D eigenvalue weighted by atomic mass is 10.3. The molecule has 0 bridgehead atoms. The minimum absolute atomic E-state index is 0.513. The molecule has 0 fully saturated rings. The highest BCUT2D eigenvalue weighted by Gasteiger charge is 2.06. The van der Waals surface area contributed by atoms with Gasteiger partial charge in [0, 0.05) is 9.75 Å². The van der Waals surface area contributed by atoms with Gasteiger partial charge < -0.3 is 10.5 Å². The number of hydrogen-bond donors (Lipinski definition) is 1. The van der Waals surface area contributed by atoms with E-state index in [0.29, 0.717) is 23.1 Å². The van der Waals surface area contributed by atoms with Crippen LogP contribution < -0.4 is 10.5 Å². The Morgan fingerprint density at radius 2 is 2.00 bits per heavy atom. The van der Waals surface area contributed by atoms with Gasteiger partial charge >= 0.3 is 0 Å². The van der Waals surface area contributed by atoms with Gasteiger partial charge in [-0.3, -0.25) is 0 Å². The number of halogens is 1. The Hall–Kier alpha value is -1.19. The van der Waals surface area contributed by atoms with Gasteiger partial charge in [0.25, 0.3) is 0 Å². The van der Waals surface area contributed by atoms with Gasteiger partial charge in [0.05, 0.1) is 10.7 Å². The van der Waals surface area contributed by atoms with Crippen molar-refractivity contribution < 1.29 is 4.74 Å². The number of thiophene rings is 1. The molecule has 2 N–H and O–H groups in total. The predicted octanol–water partition coefficient (Wildman–Crippen LogP) is 4.13. The summed E-state index contributed by atoms with van der Waals surface area (Å²) in [6, 6.07) is 9.58. The first kappa shape index (κ1) is 12.3. The summed E-state index contributed by atoms with van der Waals surface area (Å²) < 4.78 is 5.66. The number of nitrogens with two attached hydrogens (primary N) is 1. The van der Waals surface area contributed by atoms with Crippen LogP contribution in [0.1, 0.15) is 16.7 Å². The fraction of sp³-hybridized carbons (Fsp3) is 0.231. The Morgan fingerprint density at radius 3 is 2.65 bits per heavy atom. The van der Waals surface area contributed by atoms with Crippen molar-refractivity contribution >= 4 is 28.6 Å². The van der Waals surface area contributed by atoms with Crippen LogP contribution in [0.3, 0.4) is 0 Å². The second-order valence-corrected chi connectivity index (χ2v) is 5.33. The number of benzene rings is 1. The average molecular weight is 268 g/mol. The van der Waals surface area contributed by atoms with Crippen molar-refractivity contribution in [3.8, 4) is 5.75 Å². The molecule has 1 heterocycles. The molecule has 1 aromatic carbocycles. The molecule has 2 aromatic rings. The predicted molar refractivity (Wildman–Crippen MR) is 73.9 cm³/mol. The van der Waals surface area contributed by atoms with Crippen molar-refractivity contribution in [3.05, 3.63) is 45.1 Å². The molecule has 0 radical (unpaired) electrons. The zero-order valence-corrected chi connectivity index (χ0v) is 11.1. The van der Waals surface area contributed by atoms with Crippen LogP contribution in [0, 0.1) is 0 Å². The zero-order chi connectivity index (χ0) is 12.3. The molecule has 0 aliphatic heterocycles. The number of ether oxygens (including phenoxy) is 1. The lowest BCUT2D eigenvalue weighted by Crippen LogP contribution is -1.97. The lowest BCUT2D eigenvalue weighted by Gasteiger charge is -2.09. The van der Waals surface area contributed by atoms with Gasteiger partial charge in [-0.1, -0.05) is 24.6 Å². The quantitative estimate of drug-likeness (QED) is 0.846. The summed E-state index contributed by atoms with van der Waals surface area (Å²) in [7, 11) is 0. The van der Waals surface area contributed by atoms with Crippen LogP contribution in [-0.4, -0.2) is 0 Å². The standard InChI is InChI=1S/C13H14ClNOS/c1-2-9-6-7-10(17-9)8-16-13-11(14)4-3-5-12(13)15/h3-7H,2,8,15H2,1H3. The third-order valence-electron chi connectivity index (χ3n) is 2.42. The molecule has 17 heavy (non-hydrogen) atoms. The number of nitrogen functional groups attached to an aromatic ring is 1. The molecule has 90 valence electrons. The van der Waals surface area contributed by atoms with Gasteiger partial charge in [-0.15, -0.1) is 11.3 Å². The molecule has 0 amide bonds. The first-order valence-electron chi connectivity index (χ1n) is 5.45. The number of anilines is 1. The highest BCUT2D eigenvalue weighted by atomic mass is 35.5.